The molecule has 4 heterocycles. The Labute approximate surface area is 207 Å². The van der Waals surface area contributed by atoms with Gasteiger partial charge in [-0.1, -0.05) is 11.3 Å². The molecule has 2 unspecified atom stereocenters. The van der Waals surface area contributed by atoms with Gasteiger partial charge in [0.05, 0.1) is 23.4 Å². The maximum absolute atomic E-state index is 13.0. The van der Waals surface area contributed by atoms with Gasteiger partial charge in [0.1, 0.15) is 5.78 Å². The molecule has 0 spiro atoms. The highest BCUT2D eigenvalue weighted by Gasteiger charge is 2.26. The highest BCUT2D eigenvalue weighted by atomic mass is 32.1. The molecule has 0 bridgehead atoms. The average molecular weight is 514 g/mol. The van der Waals surface area contributed by atoms with Gasteiger partial charge in [0, 0.05) is 61.8 Å². The molecule has 0 aromatic carbocycles. The summed E-state index contributed by atoms with van der Waals surface area (Å²) in [6.07, 6.45) is 7.85. The van der Waals surface area contributed by atoms with E-state index >= 15 is 0 Å². The number of rotatable bonds is 10. The van der Waals surface area contributed by atoms with E-state index in [9.17, 15) is 13.6 Å². The molecule has 2 aromatic heterocycles. The van der Waals surface area contributed by atoms with Crippen LogP contribution in [-0.2, 0) is 28.8 Å². The molecular weight excluding hydrogens is 480 g/mol. The smallest absolute Gasteiger partial charge is 0.278 e. The second kappa shape index (κ2) is 11.5. The molecular formula is C24H33F2N3O3S2. The molecule has 6 nitrogen and oxygen atoms in total. The van der Waals surface area contributed by atoms with E-state index in [1.807, 2.05) is 13.1 Å². The Morgan fingerprint density at radius 3 is 2.82 bits per heavy atom. The van der Waals surface area contributed by atoms with E-state index in [0.717, 1.165) is 79.1 Å². The summed E-state index contributed by atoms with van der Waals surface area (Å²) in [4.78, 5) is 25.7. The SMILES string of the molecule is Cc1ncc(CC(=O)CC2CCC(CCN3CCc4nc(OCC(C)(F)F)sc4CC3)OC2)s1. The van der Waals surface area contributed by atoms with Crippen LogP contribution in [0.5, 0.6) is 5.19 Å². The van der Waals surface area contributed by atoms with Crippen LogP contribution in [0, 0.1) is 12.8 Å². The van der Waals surface area contributed by atoms with Crippen LogP contribution < -0.4 is 4.74 Å². The first-order valence-electron chi connectivity index (χ1n) is 12.0. The molecule has 4 rings (SSSR count). The van der Waals surface area contributed by atoms with E-state index in [2.05, 4.69) is 14.9 Å². The molecule has 0 aliphatic carbocycles. The lowest BCUT2D eigenvalue weighted by Gasteiger charge is -2.30. The number of carbonyl (C=O) groups is 1. The van der Waals surface area contributed by atoms with Crippen LogP contribution >= 0.6 is 22.7 Å². The van der Waals surface area contributed by atoms with Gasteiger partial charge in [0.2, 0.25) is 0 Å². The molecule has 2 aromatic rings. The lowest BCUT2D eigenvalue weighted by molar-refractivity contribution is -0.121. The summed E-state index contributed by atoms with van der Waals surface area (Å²) in [7, 11) is 0. The van der Waals surface area contributed by atoms with Crippen molar-refractivity contribution in [1.29, 1.82) is 0 Å². The van der Waals surface area contributed by atoms with Crippen LogP contribution in [0.1, 0.15) is 53.1 Å². The summed E-state index contributed by atoms with van der Waals surface area (Å²) in [5.74, 6) is -2.25. The minimum absolute atomic E-state index is 0.252. The Morgan fingerprint density at radius 2 is 2.12 bits per heavy atom. The highest BCUT2D eigenvalue weighted by Crippen LogP contribution is 2.30. The fourth-order valence-corrected chi connectivity index (χ4v) is 6.28. The van der Waals surface area contributed by atoms with E-state index in [4.69, 9.17) is 9.47 Å². The Bertz CT molecular complexity index is 926. The van der Waals surface area contributed by atoms with Crippen LogP contribution in [0.15, 0.2) is 6.20 Å². The number of thiazole rings is 2. The molecule has 0 radical (unpaired) electrons. The van der Waals surface area contributed by atoms with Gasteiger partial charge in [-0.05, 0) is 38.5 Å². The number of ketones is 1. The predicted molar refractivity (Wildman–Crippen MR) is 129 cm³/mol. The molecule has 1 saturated heterocycles. The number of aromatic nitrogens is 2. The number of Topliss-reactive ketones (excluding diaryl/α,β-unsaturated/α-hetero) is 1. The van der Waals surface area contributed by atoms with Crippen molar-refractivity contribution in [3.05, 3.63) is 26.7 Å². The van der Waals surface area contributed by atoms with Crippen molar-refractivity contribution in [2.45, 2.75) is 70.8 Å². The zero-order valence-corrected chi connectivity index (χ0v) is 21.5. The molecule has 34 heavy (non-hydrogen) atoms. The van der Waals surface area contributed by atoms with Crippen molar-refractivity contribution in [2.75, 3.05) is 32.8 Å². The van der Waals surface area contributed by atoms with Crippen LogP contribution in [-0.4, -0.2) is 65.5 Å². The number of hydrogen-bond donors (Lipinski definition) is 0. The fourth-order valence-electron chi connectivity index (χ4n) is 4.51. The van der Waals surface area contributed by atoms with Crippen molar-refractivity contribution in [1.82, 2.24) is 14.9 Å². The van der Waals surface area contributed by atoms with Crippen LogP contribution in [0.2, 0.25) is 0 Å². The third-order valence-electron chi connectivity index (χ3n) is 6.32. The van der Waals surface area contributed by atoms with Crippen LogP contribution in [0.4, 0.5) is 8.78 Å². The highest BCUT2D eigenvalue weighted by molar-refractivity contribution is 7.13. The lowest BCUT2D eigenvalue weighted by Crippen LogP contribution is -2.33. The number of fused-ring (bicyclic) bond motifs is 1. The third kappa shape index (κ3) is 7.76. The first-order chi connectivity index (χ1) is 16.2. The monoisotopic (exact) mass is 513 g/mol. The Hall–Kier alpha value is -1.49. The largest absolute Gasteiger partial charge is 0.464 e. The van der Waals surface area contributed by atoms with E-state index in [-0.39, 0.29) is 11.9 Å². The molecule has 1 fully saturated rings. The van der Waals surface area contributed by atoms with Crippen LogP contribution in [0.25, 0.3) is 0 Å². The quantitative estimate of drug-likeness (QED) is 0.458. The number of alkyl halides is 2. The molecule has 0 saturated carbocycles. The second-order valence-corrected chi connectivity index (χ2v) is 11.9. The molecule has 2 aliphatic heterocycles. The third-order valence-corrected chi connectivity index (χ3v) is 8.30. The lowest BCUT2D eigenvalue weighted by atomic mass is 9.92. The minimum Gasteiger partial charge on any atom is -0.464 e. The molecule has 188 valence electrons. The first kappa shape index (κ1) is 25.6. The maximum Gasteiger partial charge on any atom is 0.278 e. The van der Waals surface area contributed by atoms with Gasteiger partial charge < -0.3 is 14.4 Å². The molecule has 0 N–H and O–H groups in total. The van der Waals surface area contributed by atoms with Crippen molar-refractivity contribution in [2.24, 2.45) is 5.92 Å². The van der Waals surface area contributed by atoms with E-state index in [1.54, 1.807) is 11.3 Å². The maximum atomic E-state index is 13.0. The molecule has 2 aliphatic rings. The topological polar surface area (TPSA) is 64.6 Å². The zero-order chi connectivity index (χ0) is 24.1. The van der Waals surface area contributed by atoms with E-state index < -0.39 is 12.5 Å². The van der Waals surface area contributed by atoms with Crippen molar-refractivity contribution >= 4 is 28.5 Å². The Morgan fingerprint density at radius 1 is 1.29 bits per heavy atom. The minimum atomic E-state index is -2.85. The van der Waals surface area contributed by atoms with Gasteiger partial charge in [-0.3, -0.25) is 4.79 Å². The molecule has 10 heteroatoms. The van der Waals surface area contributed by atoms with Gasteiger partial charge in [-0.2, -0.15) is 0 Å². The van der Waals surface area contributed by atoms with Crippen LogP contribution in [0.3, 0.4) is 0 Å². The molecule has 0 amide bonds. The number of carbonyl (C=O) groups excluding carboxylic acids is 1. The van der Waals surface area contributed by atoms with Crippen molar-refractivity contribution < 1.29 is 23.0 Å². The van der Waals surface area contributed by atoms with Gasteiger partial charge in [-0.25, -0.2) is 18.7 Å². The van der Waals surface area contributed by atoms with E-state index in [1.165, 1.54) is 11.3 Å². The number of hydrogen-bond acceptors (Lipinski definition) is 8. The van der Waals surface area contributed by atoms with Crippen molar-refractivity contribution in [3.8, 4) is 5.19 Å². The van der Waals surface area contributed by atoms with Gasteiger partial charge in [0.25, 0.3) is 11.1 Å². The Kier molecular flexibility index (Phi) is 8.66. The predicted octanol–water partition coefficient (Wildman–Crippen LogP) is 4.73. The van der Waals surface area contributed by atoms with Gasteiger partial charge in [-0.15, -0.1) is 11.3 Å². The first-order valence-corrected chi connectivity index (χ1v) is 13.6. The Balaban J connectivity index is 1.13. The summed E-state index contributed by atoms with van der Waals surface area (Å²) >= 11 is 2.99. The summed E-state index contributed by atoms with van der Waals surface area (Å²) in [5, 5.41) is 1.35. The summed E-state index contributed by atoms with van der Waals surface area (Å²) in [6.45, 7) is 5.65. The fraction of sp³-hybridized carbons (Fsp3) is 0.708. The van der Waals surface area contributed by atoms with Gasteiger partial charge in [0.15, 0.2) is 6.61 Å². The zero-order valence-electron chi connectivity index (χ0n) is 19.9. The summed E-state index contributed by atoms with van der Waals surface area (Å²) < 4.78 is 37.3. The van der Waals surface area contributed by atoms with E-state index in [0.29, 0.717) is 30.6 Å². The second-order valence-electron chi connectivity index (χ2n) is 9.50. The summed E-state index contributed by atoms with van der Waals surface area (Å²) in [5.41, 5.74) is 0.983. The average Bonchev–Trinajstić information content (AvgIpc) is 3.32. The number of aryl methyl sites for hydroxylation is 1. The number of nitrogens with zero attached hydrogens (tertiary/aromatic N) is 3. The van der Waals surface area contributed by atoms with Gasteiger partial charge >= 0.3 is 0 Å². The number of ether oxygens (including phenoxy) is 2. The molecule has 2 atom stereocenters. The summed E-state index contributed by atoms with van der Waals surface area (Å²) in [6, 6.07) is 0. The number of halogens is 2. The normalized spacial score (nSPS) is 21.8. The standard InChI is InChI=1S/C24H33F2N3O3S2/c1-16-27-13-20(33-16)12-18(30)11-17-3-4-19(31-14-17)5-8-29-9-6-21-22(7-10-29)34-23(28-21)32-15-24(2,25)26/h13,17,19H,3-12,14-15H2,1-2H3. The van der Waals surface area contributed by atoms with Crippen molar-refractivity contribution in [3.63, 3.8) is 0 Å².